The van der Waals surface area contributed by atoms with E-state index < -0.39 is 0 Å². The summed E-state index contributed by atoms with van der Waals surface area (Å²) in [7, 11) is 0. The summed E-state index contributed by atoms with van der Waals surface area (Å²) in [5.41, 5.74) is 4.52. The van der Waals surface area contributed by atoms with Crippen LogP contribution in [-0.4, -0.2) is 38.6 Å². The van der Waals surface area contributed by atoms with Crippen LogP contribution in [-0.2, 0) is 32.2 Å². The fraction of sp³-hybridized carbons (Fsp3) is 0.529. The number of allylic oxidation sites excluding steroid dienone is 1. The predicted molar refractivity (Wildman–Crippen MR) is 79.9 cm³/mol. The van der Waals surface area contributed by atoms with Gasteiger partial charge in [0.15, 0.2) is 0 Å². The van der Waals surface area contributed by atoms with E-state index in [2.05, 4.69) is 24.8 Å². The van der Waals surface area contributed by atoms with Crippen molar-refractivity contribution in [3.05, 3.63) is 41.5 Å². The van der Waals surface area contributed by atoms with Gasteiger partial charge in [0.1, 0.15) is 12.2 Å². The van der Waals surface area contributed by atoms with E-state index >= 15 is 0 Å². The first-order valence-electron chi connectivity index (χ1n) is 7.39. The summed E-state index contributed by atoms with van der Waals surface area (Å²) in [6.45, 7) is 10.2. The molecular formula is C17H22O4. The number of hydrogen-bond donors (Lipinski definition) is 0. The molecule has 2 aliphatic rings. The Morgan fingerprint density at radius 3 is 2.33 bits per heavy atom. The van der Waals surface area contributed by atoms with Crippen molar-refractivity contribution >= 4 is 5.57 Å². The van der Waals surface area contributed by atoms with Crippen LogP contribution in [0.25, 0.3) is 5.57 Å². The van der Waals surface area contributed by atoms with Crippen LogP contribution in [0, 0.1) is 0 Å². The molecule has 114 valence electrons. The Labute approximate surface area is 125 Å². The molecule has 0 amide bonds. The van der Waals surface area contributed by atoms with Crippen molar-refractivity contribution < 1.29 is 18.9 Å². The molecule has 2 fully saturated rings. The van der Waals surface area contributed by atoms with Crippen molar-refractivity contribution in [2.45, 2.75) is 32.3 Å². The molecule has 4 heteroatoms. The third-order valence-corrected chi connectivity index (χ3v) is 3.57. The molecule has 2 heterocycles. The third-order valence-electron chi connectivity index (χ3n) is 3.57. The minimum Gasteiger partial charge on any atom is -0.374 e. The van der Waals surface area contributed by atoms with Crippen molar-refractivity contribution in [2.24, 2.45) is 0 Å². The Kier molecular flexibility index (Phi) is 4.70. The molecule has 0 saturated carbocycles. The number of epoxide rings is 2. The molecule has 0 bridgehead atoms. The summed E-state index contributed by atoms with van der Waals surface area (Å²) in [5, 5.41) is 0. The molecule has 2 atom stereocenters. The maximum absolute atomic E-state index is 5.72. The lowest BCUT2D eigenvalue weighted by molar-refractivity contribution is 0.100. The van der Waals surface area contributed by atoms with Gasteiger partial charge in [-0.2, -0.15) is 0 Å². The number of benzene rings is 1. The summed E-state index contributed by atoms with van der Waals surface area (Å²) >= 11 is 0. The number of rotatable bonds is 9. The second-order valence-electron chi connectivity index (χ2n) is 5.71. The van der Waals surface area contributed by atoms with Crippen molar-refractivity contribution in [2.75, 3.05) is 26.4 Å². The van der Waals surface area contributed by atoms with Crippen LogP contribution < -0.4 is 0 Å². The quantitative estimate of drug-likeness (QED) is 0.656. The summed E-state index contributed by atoms with van der Waals surface area (Å²) < 4.78 is 21.6. The van der Waals surface area contributed by atoms with Crippen LogP contribution in [0.1, 0.15) is 23.6 Å². The maximum atomic E-state index is 5.72. The van der Waals surface area contributed by atoms with E-state index in [1.807, 2.05) is 6.92 Å². The van der Waals surface area contributed by atoms with Gasteiger partial charge in [-0.3, -0.25) is 0 Å². The van der Waals surface area contributed by atoms with E-state index in [4.69, 9.17) is 18.9 Å². The standard InChI is InChI=1S/C17H22O4/c1-12(2)17-4-3-13(6-18-8-15-10-20-15)5-14(17)7-19-9-16-11-21-16/h3-5,15-16H,1,6-11H2,2H3. The van der Waals surface area contributed by atoms with Gasteiger partial charge in [-0.05, 0) is 23.6 Å². The van der Waals surface area contributed by atoms with E-state index in [0.29, 0.717) is 38.6 Å². The van der Waals surface area contributed by atoms with Crippen molar-refractivity contribution in [1.82, 2.24) is 0 Å². The summed E-state index contributed by atoms with van der Waals surface area (Å²) in [6.07, 6.45) is 0.601. The molecular weight excluding hydrogens is 268 g/mol. The molecule has 21 heavy (non-hydrogen) atoms. The van der Waals surface area contributed by atoms with Crippen LogP contribution in [0.2, 0.25) is 0 Å². The molecule has 2 unspecified atom stereocenters. The van der Waals surface area contributed by atoms with Gasteiger partial charge in [0.2, 0.25) is 0 Å². The van der Waals surface area contributed by atoms with Gasteiger partial charge in [-0.15, -0.1) is 0 Å². The molecule has 2 saturated heterocycles. The second kappa shape index (κ2) is 6.71. The molecule has 0 radical (unpaired) electrons. The average molecular weight is 290 g/mol. The zero-order chi connectivity index (χ0) is 14.7. The fourth-order valence-electron chi connectivity index (χ4n) is 2.21. The van der Waals surface area contributed by atoms with Crippen LogP contribution in [0.3, 0.4) is 0 Å². The van der Waals surface area contributed by atoms with Gasteiger partial charge < -0.3 is 18.9 Å². The summed E-state index contributed by atoms with van der Waals surface area (Å²) in [5.74, 6) is 0. The normalized spacial score (nSPS) is 23.1. The molecule has 3 rings (SSSR count). The molecule has 0 aliphatic carbocycles. The van der Waals surface area contributed by atoms with Crippen LogP contribution in [0.15, 0.2) is 24.8 Å². The average Bonchev–Trinajstić information content (AvgIpc) is 3.34. The van der Waals surface area contributed by atoms with Gasteiger partial charge >= 0.3 is 0 Å². The van der Waals surface area contributed by atoms with Crippen LogP contribution in [0.5, 0.6) is 0 Å². The van der Waals surface area contributed by atoms with E-state index in [9.17, 15) is 0 Å². The Morgan fingerprint density at radius 1 is 1.14 bits per heavy atom. The van der Waals surface area contributed by atoms with Gasteiger partial charge in [0.05, 0.1) is 39.6 Å². The van der Waals surface area contributed by atoms with E-state index in [0.717, 1.165) is 35.5 Å². The topological polar surface area (TPSA) is 43.5 Å². The Balaban J connectivity index is 1.58. The second-order valence-corrected chi connectivity index (χ2v) is 5.71. The third kappa shape index (κ3) is 4.64. The van der Waals surface area contributed by atoms with Gasteiger partial charge in [-0.1, -0.05) is 30.4 Å². The monoisotopic (exact) mass is 290 g/mol. The van der Waals surface area contributed by atoms with Gasteiger partial charge in [0, 0.05) is 0 Å². The SMILES string of the molecule is C=C(C)c1ccc(COCC2CO2)cc1COCC1CO1. The maximum Gasteiger partial charge on any atom is 0.104 e. The smallest absolute Gasteiger partial charge is 0.104 e. The molecule has 1 aromatic carbocycles. The van der Waals surface area contributed by atoms with Crippen molar-refractivity contribution in [1.29, 1.82) is 0 Å². The lowest BCUT2D eigenvalue weighted by atomic mass is 10.00. The fourth-order valence-corrected chi connectivity index (χ4v) is 2.21. The van der Waals surface area contributed by atoms with E-state index in [1.165, 1.54) is 0 Å². The highest BCUT2D eigenvalue weighted by atomic mass is 16.6. The molecule has 0 aromatic heterocycles. The first-order chi connectivity index (χ1) is 10.2. The first kappa shape index (κ1) is 14.7. The predicted octanol–water partition coefficient (Wildman–Crippen LogP) is 2.55. The molecule has 4 nitrogen and oxygen atoms in total. The lowest BCUT2D eigenvalue weighted by Crippen LogP contribution is -2.05. The van der Waals surface area contributed by atoms with E-state index in [-0.39, 0.29) is 0 Å². The first-order valence-corrected chi connectivity index (χ1v) is 7.39. The number of ether oxygens (including phenoxy) is 4. The van der Waals surface area contributed by atoms with Gasteiger partial charge in [-0.25, -0.2) is 0 Å². The summed E-state index contributed by atoms with van der Waals surface area (Å²) in [6, 6.07) is 6.33. The minimum absolute atomic E-state index is 0.295. The number of hydrogen-bond acceptors (Lipinski definition) is 4. The van der Waals surface area contributed by atoms with Crippen LogP contribution >= 0.6 is 0 Å². The highest BCUT2D eigenvalue weighted by molar-refractivity contribution is 5.64. The van der Waals surface area contributed by atoms with Gasteiger partial charge in [0.25, 0.3) is 0 Å². The lowest BCUT2D eigenvalue weighted by Gasteiger charge is -2.12. The van der Waals surface area contributed by atoms with Crippen molar-refractivity contribution in [3.8, 4) is 0 Å². The highest BCUT2D eigenvalue weighted by Gasteiger charge is 2.23. The van der Waals surface area contributed by atoms with Crippen molar-refractivity contribution in [3.63, 3.8) is 0 Å². The Bertz CT molecular complexity index is 504. The molecule has 2 aliphatic heterocycles. The van der Waals surface area contributed by atoms with Crippen LogP contribution in [0.4, 0.5) is 0 Å². The Hall–Kier alpha value is -1.20. The molecule has 1 aromatic rings. The zero-order valence-corrected chi connectivity index (χ0v) is 12.5. The Morgan fingerprint density at radius 2 is 1.76 bits per heavy atom. The highest BCUT2D eigenvalue weighted by Crippen LogP contribution is 2.21. The molecule has 0 spiro atoms. The zero-order valence-electron chi connectivity index (χ0n) is 12.5. The van der Waals surface area contributed by atoms with E-state index in [1.54, 1.807) is 0 Å². The summed E-state index contributed by atoms with van der Waals surface area (Å²) in [4.78, 5) is 0. The molecule has 0 N–H and O–H groups in total. The largest absolute Gasteiger partial charge is 0.374 e. The minimum atomic E-state index is 0.295.